The molecule has 2 aromatic rings. The topological polar surface area (TPSA) is 86.7 Å². The van der Waals surface area contributed by atoms with Gasteiger partial charge in [0.05, 0.1) is 6.10 Å². The Morgan fingerprint density at radius 2 is 1.65 bits per heavy atom. The fourth-order valence-corrected chi connectivity index (χ4v) is 4.83. The molecule has 1 heterocycles. The molecular weight excluding hydrogens is 440 g/mol. The summed E-state index contributed by atoms with van der Waals surface area (Å²) in [5.41, 5.74) is -0.682. The smallest absolute Gasteiger partial charge is 0.255 e. The first-order valence-corrected chi connectivity index (χ1v) is 10.9. The van der Waals surface area contributed by atoms with Gasteiger partial charge in [-0.2, -0.15) is 4.31 Å². The minimum absolute atomic E-state index is 0.0160. The molecule has 1 amide bonds. The molecule has 2 aromatic carbocycles. The van der Waals surface area contributed by atoms with Crippen molar-refractivity contribution in [1.29, 1.82) is 0 Å². The van der Waals surface area contributed by atoms with E-state index in [1.165, 1.54) is 0 Å². The fourth-order valence-electron chi connectivity index (χ4n) is 3.27. The second-order valence-corrected chi connectivity index (χ2v) is 9.29. The van der Waals surface area contributed by atoms with E-state index in [4.69, 9.17) is 0 Å². The number of rotatable bonds is 4. The van der Waals surface area contributed by atoms with Gasteiger partial charge >= 0.3 is 0 Å². The van der Waals surface area contributed by atoms with Gasteiger partial charge in [-0.15, -0.1) is 0 Å². The molecule has 3 rings (SSSR count). The summed E-state index contributed by atoms with van der Waals surface area (Å²) in [5.74, 6) is -6.91. The van der Waals surface area contributed by atoms with E-state index in [9.17, 15) is 35.9 Å². The number of sulfonamides is 1. The van der Waals surface area contributed by atoms with Crippen LogP contribution in [0.4, 0.5) is 23.2 Å². The Hall–Kier alpha value is -2.50. The Labute approximate surface area is 176 Å². The van der Waals surface area contributed by atoms with Crippen molar-refractivity contribution >= 4 is 21.6 Å². The van der Waals surface area contributed by atoms with Crippen molar-refractivity contribution in [1.82, 2.24) is 4.31 Å². The molecule has 2 atom stereocenters. The van der Waals surface area contributed by atoms with Crippen molar-refractivity contribution in [2.24, 2.45) is 5.92 Å². The summed E-state index contributed by atoms with van der Waals surface area (Å²) in [5, 5.41) is 12.1. The number of carbonyl (C=O) groups is 1. The van der Waals surface area contributed by atoms with Crippen LogP contribution in [0.25, 0.3) is 0 Å². The molecule has 11 heteroatoms. The van der Waals surface area contributed by atoms with Crippen molar-refractivity contribution in [3.05, 3.63) is 59.2 Å². The third-order valence-corrected chi connectivity index (χ3v) is 7.13. The largest absolute Gasteiger partial charge is 0.393 e. The van der Waals surface area contributed by atoms with Gasteiger partial charge in [0.25, 0.3) is 5.91 Å². The highest BCUT2D eigenvalue weighted by molar-refractivity contribution is 7.89. The lowest BCUT2D eigenvalue weighted by molar-refractivity contribution is 0.102. The van der Waals surface area contributed by atoms with E-state index in [0.29, 0.717) is 18.6 Å². The summed E-state index contributed by atoms with van der Waals surface area (Å²) in [4.78, 5) is 11.7. The Bertz CT molecular complexity index is 1080. The van der Waals surface area contributed by atoms with Crippen LogP contribution in [0.2, 0.25) is 0 Å². The predicted molar refractivity (Wildman–Crippen MR) is 104 cm³/mol. The van der Waals surface area contributed by atoms with Crippen molar-refractivity contribution in [3.8, 4) is 0 Å². The van der Waals surface area contributed by atoms with Crippen LogP contribution >= 0.6 is 0 Å². The van der Waals surface area contributed by atoms with E-state index >= 15 is 0 Å². The van der Waals surface area contributed by atoms with Gasteiger partial charge in [-0.25, -0.2) is 26.0 Å². The zero-order valence-electron chi connectivity index (χ0n) is 16.4. The monoisotopic (exact) mass is 460 g/mol. The SMILES string of the molecule is CC1CCN(S(=O)(=O)c2cc(C(=O)Nc3cc(F)c(F)c(F)c3)ccc2F)CCC1O. The normalized spacial score (nSPS) is 20.3. The first-order valence-electron chi connectivity index (χ1n) is 9.44. The molecule has 1 saturated heterocycles. The number of carbonyl (C=O) groups excluding carboxylic acids is 1. The molecule has 6 nitrogen and oxygen atoms in total. The highest BCUT2D eigenvalue weighted by atomic mass is 32.2. The van der Waals surface area contributed by atoms with Gasteiger partial charge in [-0.3, -0.25) is 4.79 Å². The summed E-state index contributed by atoms with van der Waals surface area (Å²) < 4.78 is 81.1. The first kappa shape index (κ1) is 23.2. The van der Waals surface area contributed by atoms with Gasteiger partial charge in [0.15, 0.2) is 17.5 Å². The maximum absolute atomic E-state index is 14.4. The molecule has 1 aliphatic heterocycles. The number of hydrogen-bond acceptors (Lipinski definition) is 4. The maximum atomic E-state index is 14.4. The zero-order valence-corrected chi connectivity index (χ0v) is 17.2. The van der Waals surface area contributed by atoms with E-state index in [1.807, 2.05) is 0 Å². The van der Waals surface area contributed by atoms with E-state index < -0.39 is 55.9 Å². The number of hydrogen-bond donors (Lipinski definition) is 2. The van der Waals surface area contributed by atoms with Crippen LogP contribution in [0, 0.1) is 29.2 Å². The standard InChI is InChI=1S/C20H20F4N2O4S/c1-11-4-6-26(7-5-17(11)27)31(29,30)18-8-12(2-3-14(18)21)20(28)25-13-9-15(22)19(24)16(23)10-13/h2-3,8-11,17,27H,4-7H2,1H3,(H,25,28). The molecule has 0 aromatic heterocycles. The van der Waals surface area contributed by atoms with Crippen molar-refractivity contribution in [2.45, 2.75) is 30.8 Å². The molecule has 31 heavy (non-hydrogen) atoms. The molecule has 0 aliphatic carbocycles. The number of anilines is 1. The fraction of sp³-hybridized carbons (Fsp3) is 0.350. The summed E-state index contributed by atoms with van der Waals surface area (Å²) in [7, 11) is -4.31. The number of nitrogens with one attached hydrogen (secondary N) is 1. The lowest BCUT2D eigenvalue weighted by Crippen LogP contribution is -2.33. The molecule has 0 saturated carbocycles. The van der Waals surface area contributed by atoms with Gasteiger partial charge < -0.3 is 10.4 Å². The second kappa shape index (κ2) is 8.93. The van der Waals surface area contributed by atoms with Crippen LogP contribution < -0.4 is 5.32 Å². The summed E-state index contributed by atoms with van der Waals surface area (Å²) in [6, 6.07) is 3.74. The molecule has 0 bridgehead atoms. The van der Waals surface area contributed by atoms with E-state index in [1.54, 1.807) is 6.92 Å². The second-order valence-electron chi connectivity index (χ2n) is 7.38. The van der Waals surface area contributed by atoms with Crippen LogP contribution in [0.15, 0.2) is 35.2 Å². The Balaban J connectivity index is 1.88. The molecular formula is C20H20F4N2O4S. The number of nitrogens with zero attached hydrogens (tertiary/aromatic N) is 1. The van der Waals surface area contributed by atoms with Crippen molar-refractivity contribution in [3.63, 3.8) is 0 Å². The average Bonchev–Trinajstić information content (AvgIpc) is 2.88. The highest BCUT2D eigenvalue weighted by Gasteiger charge is 2.32. The van der Waals surface area contributed by atoms with Gasteiger partial charge in [0, 0.05) is 36.5 Å². The Morgan fingerprint density at radius 1 is 1.03 bits per heavy atom. The zero-order chi connectivity index (χ0) is 22.9. The quantitative estimate of drug-likeness (QED) is 0.542. The first-order chi connectivity index (χ1) is 14.5. The maximum Gasteiger partial charge on any atom is 0.255 e. The minimum atomic E-state index is -4.31. The average molecular weight is 460 g/mol. The lowest BCUT2D eigenvalue weighted by Gasteiger charge is -2.20. The van der Waals surface area contributed by atoms with Gasteiger partial charge in [-0.05, 0) is 37.0 Å². The van der Waals surface area contributed by atoms with Crippen LogP contribution in [0.1, 0.15) is 30.1 Å². The number of aliphatic hydroxyl groups is 1. The summed E-state index contributed by atoms with van der Waals surface area (Å²) >= 11 is 0. The molecule has 168 valence electrons. The molecule has 2 unspecified atom stereocenters. The van der Waals surface area contributed by atoms with Crippen LogP contribution in [-0.4, -0.2) is 42.9 Å². The Kier molecular flexibility index (Phi) is 6.68. The summed E-state index contributed by atoms with van der Waals surface area (Å²) in [6.45, 7) is 1.84. The van der Waals surface area contributed by atoms with E-state index in [0.717, 1.165) is 22.5 Å². The predicted octanol–water partition coefficient (Wildman–Crippen LogP) is 3.28. The van der Waals surface area contributed by atoms with Crippen molar-refractivity contribution < 1.29 is 35.9 Å². The lowest BCUT2D eigenvalue weighted by atomic mass is 10.0. The third-order valence-electron chi connectivity index (χ3n) is 5.22. The van der Waals surface area contributed by atoms with Gasteiger partial charge in [0.2, 0.25) is 10.0 Å². The molecule has 1 fully saturated rings. The molecule has 0 radical (unpaired) electrons. The van der Waals surface area contributed by atoms with E-state index in [2.05, 4.69) is 5.32 Å². The van der Waals surface area contributed by atoms with Crippen LogP contribution in [0.3, 0.4) is 0 Å². The molecule has 2 N–H and O–H groups in total. The minimum Gasteiger partial charge on any atom is -0.393 e. The number of aliphatic hydroxyl groups excluding tert-OH is 1. The Morgan fingerprint density at radius 3 is 2.29 bits per heavy atom. The van der Waals surface area contributed by atoms with Crippen LogP contribution in [-0.2, 0) is 10.0 Å². The number of benzene rings is 2. The van der Waals surface area contributed by atoms with Gasteiger partial charge in [0.1, 0.15) is 10.7 Å². The van der Waals surface area contributed by atoms with E-state index in [-0.39, 0.29) is 31.0 Å². The molecule has 1 aliphatic rings. The third kappa shape index (κ3) is 4.89. The highest BCUT2D eigenvalue weighted by Crippen LogP contribution is 2.26. The number of amides is 1. The number of halogens is 4. The molecule has 0 spiro atoms. The summed E-state index contributed by atoms with van der Waals surface area (Å²) in [6.07, 6.45) is -0.119. The van der Waals surface area contributed by atoms with Crippen molar-refractivity contribution in [2.75, 3.05) is 18.4 Å². The van der Waals surface area contributed by atoms with Crippen LogP contribution in [0.5, 0.6) is 0 Å². The van der Waals surface area contributed by atoms with Gasteiger partial charge in [-0.1, -0.05) is 6.92 Å².